The summed E-state index contributed by atoms with van der Waals surface area (Å²) in [4.78, 5) is 2.45. The normalized spacial score (nSPS) is 14.8. The molecule has 0 amide bonds. The van der Waals surface area contributed by atoms with Crippen molar-refractivity contribution in [3.05, 3.63) is 66.4 Å². The fraction of sp³-hybridized carbons (Fsp3) is 0.304. The zero-order valence-electron chi connectivity index (χ0n) is 16.4. The number of para-hydroxylation sites is 1. The molecule has 0 atom stereocenters. The molecule has 0 spiro atoms. The lowest BCUT2D eigenvalue weighted by molar-refractivity contribution is -0.646. The summed E-state index contributed by atoms with van der Waals surface area (Å²) in [6.45, 7) is 4.41. The minimum Gasteiger partial charge on any atom is -0.372 e. The minimum absolute atomic E-state index is 0.995. The third-order valence-corrected chi connectivity index (χ3v) is 5.45. The molecule has 4 heteroatoms. The van der Waals surface area contributed by atoms with Crippen LogP contribution in [0.5, 0.6) is 0 Å². The van der Waals surface area contributed by atoms with Gasteiger partial charge in [-0.1, -0.05) is 12.1 Å². The summed E-state index contributed by atoms with van der Waals surface area (Å²) in [6, 6.07) is 21.5. The number of benzene rings is 2. The van der Waals surface area contributed by atoms with Crippen LogP contribution in [0.2, 0.25) is 0 Å². The lowest BCUT2D eigenvalue weighted by atomic mass is 10.1. The maximum absolute atomic E-state index is 4.83. The lowest BCUT2D eigenvalue weighted by Gasteiger charge is -2.19. The molecule has 1 aliphatic rings. The van der Waals surface area contributed by atoms with Crippen LogP contribution in [0.3, 0.4) is 0 Å². The fourth-order valence-electron chi connectivity index (χ4n) is 3.90. The molecule has 2 heterocycles. The van der Waals surface area contributed by atoms with Gasteiger partial charge in [0.1, 0.15) is 12.8 Å². The topological polar surface area (TPSA) is 22.7 Å². The van der Waals surface area contributed by atoms with E-state index in [1.165, 1.54) is 42.5 Å². The van der Waals surface area contributed by atoms with E-state index in [1.807, 2.05) is 12.1 Å². The van der Waals surface area contributed by atoms with Gasteiger partial charge >= 0.3 is 0 Å². The molecular weight excluding hydrogens is 332 g/mol. The molecule has 0 N–H and O–H groups in total. The number of pyridine rings is 1. The summed E-state index contributed by atoms with van der Waals surface area (Å²) in [6.07, 6.45) is 2.60. The van der Waals surface area contributed by atoms with Gasteiger partial charge in [0.15, 0.2) is 0 Å². The maximum Gasteiger partial charge on any atom is 0.228 e. The number of aryl methyl sites for hydroxylation is 1. The summed E-state index contributed by atoms with van der Waals surface area (Å²) in [5, 5.41) is 8.02. The van der Waals surface area contributed by atoms with E-state index >= 15 is 0 Å². The van der Waals surface area contributed by atoms with Crippen LogP contribution >= 0.6 is 0 Å². The van der Waals surface area contributed by atoms with E-state index in [9.17, 15) is 0 Å². The van der Waals surface area contributed by atoms with Crippen molar-refractivity contribution >= 4 is 28.0 Å². The molecule has 0 radical (unpaired) electrons. The van der Waals surface area contributed by atoms with Crippen molar-refractivity contribution in [1.82, 2.24) is 0 Å². The van der Waals surface area contributed by atoms with Crippen LogP contribution in [0.4, 0.5) is 11.4 Å². The molecule has 0 unspecified atom stereocenters. The number of fused-ring (bicyclic) bond motifs is 1. The van der Waals surface area contributed by atoms with Crippen LogP contribution < -0.4 is 14.5 Å². The highest BCUT2D eigenvalue weighted by atomic mass is 15.4. The Morgan fingerprint density at radius 2 is 1.67 bits per heavy atom. The zero-order chi connectivity index (χ0) is 18.8. The van der Waals surface area contributed by atoms with Gasteiger partial charge in [0.05, 0.1) is 5.69 Å². The number of rotatable bonds is 4. The Kier molecular flexibility index (Phi) is 4.80. The van der Waals surface area contributed by atoms with Gasteiger partial charge in [-0.2, -0.15) is 9.67 Å². The highest BCUT2D eigenvalue weighted by Gasteiger charge is 2.15. The molecule has 4 rings (SSSR count). The number of hydrogen-bond donors (Lipinski definition) is 0. The second kappa shape index (κ2) is 7.39. The van der Waals surface area contributed by atoms with Crippen molar-refractivity contribution in [2.75, 3.05) is 30.0 Å². The summed E-state index contributed by atoms with van der Waals surface area (Å²) in [5.41, 5.74) is 5.73. The van der Waals surface area contributed by atoms with E-state index in [-0.39, 0.29) is 0 Å². The van der Waals surface area contributed by atoms with Gasteiger partial charge in [0.2, 0.25) is 11.2 Å². The molecule has 2 aromatic carbocycles. The van der Waals surface area contributed by atoms with E-state index in [0.29, 0.717) is 0 Å². The van der Waals surface area contributed by atoms with Gasteiger partial charge in [-0.3, -0.25) is 5.01 Å². The summed E-state index contributed by atoms with van der Waals surface area (Å²) in [5.74, 6) is 0. The van der Waals surface area contributed by atoms with Crippen LogP contribution in [-0.4, -0.2) is 25.8 Å². The average molecular weight is 359 g/mol. The highest BCUT2D eigenvalue weighted by Crippen LogP contribution is 2.23. The standard InChI is InChI=1S/C23H27N4/c1-18(22-15-10-19-8-4-5-9-23(19)25(22)2)24-26(3)20-11-13-21(14-12-20)27-16-6-7-17-27/h4-5,8-15H,6-7,16-17H2,1-3H3/q+1. The first-order valence-corrected chi connectivity index (χ1v) is 9.65. The van der Waals surface area contributed by atoms with Crippen LogP contribution in [0.1, 0.15) is 25.5 Å². The quantitative estimate of drug-likeness (QED) is 0.397. The fourth-order valence-corrected chi connectivity index (χ4v) is 3.90. The van der Waals surface area contributed by atoms with Crippen molar-refractivity contribution in [2.24, 2.45) is 12.1 Å². The first-order valence-electron chi connectivity index (χ1n) is 9.65. The number of aromatic nitrogens is 1. The summed E-state index contributed by atoms with van der Waals surface area (Å²) < 4.78 is 2.21. The van der Waals surface area contributed by atoms with Crippen molar-refractivity contribution in [3.63, 3.8) is 0 Å². The SMILES string of the molecule is CC(=NN(C)c1ccc(N2CCCC2)cc1)c1ccc2ccccc2[n+]1C. The van der Waals surface area contributed by atoms with Gasteiger partial charge in [-0.25, -0.2) is 0 Å². The smallest absolute Gasteiger partial charge is 0.228 e. The predicted molar refractivity (Wildman–Crippen MR) is 114 cm³/mol. The monoisotopic (exact) mass is 359 g/mol. The molecule has 0 aliphatic carbocycles. The van der Waals surface area contributed by atoms with E-state index in [1.54, 1.807) is 0 Å². The van der Waals surface area contributed by atoms with Crippen LogP contribution in [0, 0.1) is 0 Å². The number of anilines is 2. The average Bonchev–Trinajstić information content (AvgIpc) is 3.23. The first kappa shape index (κ1) is 17.5. The predicted octanol–water partition coefficient (Wildman–Crippen LogP) is 4.12. The first-order chi connectivity index (χ1) is 13.1. The molecule has 138 valence electrons. The van der Waals surface area contributed by atoms with E-state index in [4.69, 9.17) is 5.10 Å². The Bertz CT molecular complexity index is 969. The van der Waals surface area contributed by atoms with Gasteiger partial charge in [-0.15, -0.1) is 0 Å². The van der Waals surface area contributed by atoms with Gasteiger partial charge < -0.3 is 4.90 Å². The van der Waals surface area contributed by atoms with Crippen molar-refractivity contribution in [2.45, 2.75) is 19.8 Å². The molecule has 1 fully saturated rings. The molecule has 0 bridgehead atoms. The Balaban J connectivity index is 1.58. The second-order valence-electron chi connectivity index (χ2n) is 7.26. The van der Waals surface area contributed by atoms with E-state index < -0.39 is 0 Å². The third-order valence-electron chi connectivity index (χ3n) is 5.45. The van der Waals surface area contributed by atoms with Gasteiger partial charge in [0, 0.05) is 43.3 Å². The van der Waals surface area contributed by atoms with Gasteiger partial charge in [-0.05, 0) is 56.2 Å². The second-order valence-corrected chi connectivity index (χ2v) is 7.26. The van der Waals surface area contributed by atoms with Gasteiger partial charge in [0.25, 0.3) is 0 Å². The molecule has 4 nitrogen and oxygen atoms in total. The molecule has 1 saturated heterocycles. The highest BCUT2D eigenvalue weighted by molar-refractivity contribution is 5.97. The van der Waals surface area contributed by atoms with Crippen molar-refractivity contribution < 1.29 is 4.57 Å². The number of hydrazone groups is 1. The van der Waals surface area contributed by atoms with Crippen LogP contribution in [0.15, 0.2) is 65.8 Å². The Morgan fingerprint density at radius 3 is 2.41 bits per heavy atom. The zero-order valence-corrected chi connectivity index (χ0v) is 16.4. The summed E-state index contributed by atoms with van der Waals surface area (Å²) >= 11 is 0. The molecule has 3 aromatic rings. The summed E-state index contributed by atoms with van der Waals surface area (Å²) in [7, 11) is 4.11. The third kappa shape index (κ3) is 3.52. The maximum atomic E-state index is 4.83. The molecule has 27 heavy (non-hydrogen) atoms. The largest absolute Gasteiger partial charge is 0.372 e. The Hall–Kier alpha value is -2.88. The van der Waals surface area contributed by atoms with Crippen molar-refractivity contribution in [3.8, 4) is 0 Å². The van der Waals surface area contributed by atoms with Crippen LogP contribution in [0.25, 0.3) is 10.9 Å². The van der Waals surface area contributed by atoms with Crippen LogP contribution in [-0.2, 0) is 7.05 Å². The molecule has 0 saturated carbocycles. The molecule has 1 aliphatic heterocycles. The number of nitrogens with zero attached hydrogens (tertiary/aromatic N) is 4. The lowest BCUT2D eigenvalue weighted by Crippen LogP contribution is -2.37. The van der Waals surface area contributed by atoms with Crippen molar-refractivity contribution in [1.29, 1.82) is 0 Å². The molecule has 1 aromatic heterocycles. The minimum atomic E-state index is 0.995. The number of hydrogen-bond acceptors (Lipinski definition) is 3. The van der Waals surface area contributed by atoms with E-state index in [0.717, 1.165) is 17.1 Å². The Labute approximate surface area is 161 Å². The van der Waals surface area contributed by atoms with E-state index in [2.05, 4.69) is 84.1 Å². The molecular formula is C23H27N4+. The Morgan fingerprint density at radius 1 is 0.963 bits per heavy atom.